The summed E-state index contributed by atoms with van der Waals surface area (Å²) in [6, 6.07) is 8.28. The molecule has 0 saturated carbocycles. The van der Waals surface area contributed by atoms with E-state index in [2.05, 4.69) is 16.4 Å². The van der Waals surface area contributed by atoms with Gasteiger partial charge in [0.05, 0.1) is 20.3 Å². The van der Waals surface area contributed by atoms with Crippen molar-refractivity contribution in [1.29, 1.82) is 0 Å². The van der Waals surface area contributed by atoms with E-state index >= 15 is 0 Å². The predicted octanol–water partition coefficient (Wildman–Crippen LogP) is 2.33. The lowest BCUT2D eigenvalue weighted by atomic mass is 9.89. The largest absolute Gasteiger partial charge is 0.497 e. The Morgan fingerprint density at radius 1 is 1.15 bits per heavy atom. The zero-order valence-corrected chi connectivity index (χ0v) is 11.7. The van der Waals surface area contributed by atoms with Crippen LogP contribution in [-0.4, -0.2) is 25.7 Å². The van der Waals surface area contributed by atoms with Crippen LogP contribution in [-0.2, 0) is 6.42 Å². The van der Waals surface area contributed by atoms with E-state index in [0.29, 0.717) is 0 Å². The van der Waals surface area contributed by atoms with Crippen LogP contribution in [0.25, 0.3) is 0 Å². The molecule has 0 amide bonds. The molecule has 1 aliphatic rings. The Balaban J connectivity index is 2.12. The highest BCUT2D eigenvalue weighted by Gasteiger charge is 2.24. The molecule has 1 aliphatic heterocycles. The third-order valence-corrected chi connectivity index (χ3v) is 3.75. The van der Waals surface area contributed by atoms with Gasteiger partial charge in [0.1, 0.15) is 11.5 Å². The van der Waals surface area contributed by atoms with Gasteiger partial charge in [-0.3, -0.25) is 4.98 Å². The molecule has 0 aliphatic carbocycles. The average Bonchev–Trinajstić information content (AvgIpc) is 2.54. The minimum absolute atomic E-state index is 0.158. The summed E-state index contributed by atoms with van der Waals surface area (Å²) >= 11 is 0. The molecule has 0 radical (unpaired) electrons. The normalized spacial score (nSPS) is 17.4. The number of fused-ring (bicyclic) bond motifs is 1. The van der Waals surface area contributed by atoms with E-state index in [0.717, 1.165) is 24.5 Å². The molecule has 1 aromatic carbocycles. The highest BCUT2D eigenvalue weighted by Crippen LogP contribution is 2.37. The number of nitrogens with zero attached hydrogens (tertiary/aromatic N) is 1. The summed E-state index contributed by atoms with van der Waals surface area (Å²) in [5.41, 5.74) is 3.68. The lowest BCUT2D eigenvalue weighted by Crippen LogP contribution is -2.30. The number of methoxy groups -OCH3 is 2. The number of nitrogens with one attached hydrogen (secondary N) is 1. The summed E-state index contributed by atoms with van der Waals surface area (Å²) in [5, 5.41) is 3.56. The Labute approximate surface area is 118 Å². The van der Waals surface area contributed by atoms with Gasteiger partial charge in [-0.15, -0.1) is 0 Å². The first-order valence-electron chi connectivity index (χ1n) is 6.71. The number of ether oxygens (including phenoxy) is 2. The number of benzene rings is 1. The van der Waals surface area contributed by atoms with Gasteiger partial charge in [0.25, 0.3) is 0 Å². The van der Waals surface area contributed by atoms with Crippen molar-refractivity contribution in [3.63, 3.8) is 0 Å². The zero-order valence-electron chi connectivity index (χ0n) is 11.7. The third-order valence-electron chi connectivity index (χ3n) is 3.75. The summed E-state index contributed by atoms with van der Waals surface area (Å²) in [7, 11) is 3.39. The smallest absolute Gasteiger partial charge is 0.126 e. The van der Waals surface area contributed by atoms with Crippen LogP contribution in [0.3, 0.4) is 0 Å². The Morgan fingerprint density at radius 2 is 1.95 bits per heavy atom. The van der Waals surface area contributed by atoms with Crippen LogP contribution >= 0.6 is 0 Å². The van der Waals surface area contributed by atoms with E-state index in [1.807, 2.05) is 30.6 Å². The summed E-state index contributed by atoms with van der Waals surface area (Å²) in [6.07, 6.45) is 4.61. The highest BCUT2D eigenvalue weighted by molar-refractivity contribution is 5.51. The second kappa shape index (κ2) is 5.51. The molecule has 1 atom stereocenters. The molecule has 4 heteroatoms. The monoisotopic (exact) mass is 270 g/mol. The Kier molecular flexibility index (Phi) is 3.56. The van der Waals surface area contributed by atoms with Crippen molar-refractivity contribution < 1.29 is 9.47 Å². The standard InChI is InChI=1S/C16H18N2O2/c1-19-12-9-14-13(15(10-12)20-2)5-8-18-16(14)11-3-6-17-7-4-11/h3-4,6-7,9-10,16,18H,5,8H2,1-2H3. The first-order valence-corrected chi connectivity index (χ1v) is 6.71. The van der Waals surface area contributed by atoms with E-state index in [1.165, 1.54) is 16.7 Å². The summed E-state index contributed by atoms with van der Waals surface area (Å²) in [4.78, 5) is 4.09. The van der Waals surface area contributed by atoms with Crippen LogP contribution in [0.2, 0.25) is 0 Å². The van der Waals surface area contributed by atoms with Gasteiger partial charge in [-0.25, -0.2) is 0 Å². The zero-order chi connectivity index (χ0) is 13.9. The molecule has 0 bridgehead atoms. The third kappa shape index (κ3) is 2.23. The first-order chi connectivity index (χ1) is 9.83. The summed E-state index contributed by atoms with van der Waals surface area (Å²) < 4.78 is 10.9. The number of hydrogen-bond acceptors (Lipinski definition) is 4. The molecular formula is C16H18N2O2. The van der Waals surface area contributed by atoms with Crippen molar-refractivity contribution in [2.24, 2.45) is 0 Å². The molecule has 20 heavy (non-hydrogen) atoms. The van der Waals surface area contributed by atoms with E-state index < -0.39 is 0 Å². The molecule has 1 unspecified atom stereocenters. The van der Waals surface area contributed by atoms with Crippen molar-refractivity contribution in [3.8, 4) is 11.5 Å². The van der Waals surface area contributed by atoms with E-state index in [-0.39, 0.29) is 6.04 Å². The van der Waals surface area contributed by atoms with Gasteiger partial charge in [0.15, 0.2) is 0 Å². The van der Waals surface area contributed by atoms with Gasteiger partial charge in [-0.1, -0.05) is 0 Å². The molecule has 4 nitrogen and oxygen atoms in total. The number of rotatable bonds is 3. The van der Waals surface area contributed by atoms with Crippen LogP contribution < -0.4 is 14.8 Å². The molecule has 0 saturated heterocycles. The number of hydrogen-bond donors (Lipinski definition) is 1. The van der Waals surface area contributed by atoms with Crippen LogP contribution in [0.1, 0.15) is 22.7 Å². The minimum Gasteiger partial charge on any atom is -0.497 e. The molecule has 3 rings (SSSR count). The van der Waals surface area contributed by atoms with Gasteiger partial charge in [0.2, 0.25) is 0 Å². The van der Waals surface area contributed by atoms with Gasteiger partial charge in [-0.05, 0) is 35.7 Å². The molecule has 0 fully saturated rings. The predicted molar refractivity (Wildman–Crippen MR) is 77.3 cm³/mol. The topological polar surface area (TPSA) is 43.4 Å². The maximum absolute atomic E-state index is 5.52. The summed E-state index contributed by atoms with van der Waals surface area (Å²) in [5.74, 6) is 1.73. The molecule has 1 N–H and O–H groups in total. The van der Waals surface area contributed by atoms with Gasteiger partial charge >= 0.3 is 0 Å². The van der Waals surface area contributed by atoms with E-state index in [1.54, 1.807) is 14.2 Å². The van der Waals surface area contributed by atoms with Gasteiger partial charge < -0.3 is 14.8 Å². The van der Waals surface area contributed by atoms with Crippen LogP contribution in [0.15, 0.2) is 36.7 Å². The lowest BCUT2D eigenvalue weighted by Gasteiger charge is -2.29. The maximum Gasteiger partial charge on any atom is 0.126 e. The maximum atomic E-state index is 5.52. The van der Waals surface area contributed by atoms with Gasteiger partial charge in [0, 0.05) is 30.6 Å². The molecular weight excluding hydrogens is 252 g/mol. The van der Waals surface area contributed by atoms with Crippen LogP contribution in [0.4, 0.5) is 0 Å². The first kappa shape index (κ1) is 12.9. The average molecular weight is 270 g/mol. The Morgan fingerprint density at radius 3 is 2.65 bits per heavy atom. The molecule has 0 spiro atoms. The van der Waals surface area contributed by atoms with Crippen LogP contribution in [0.5, 0.6) is 11.5 Å². The molecule has 104 valence electrons. The van der Waals surface area contributed by atoms with Crippen LogP contribution in [0, 0.1) is 0 Å². The molecule has 1 aromatic heterocycles. The Hall–Kier alpha value is -2.07. The second-order valence-corrected chi connectivity index (χ2v) is 4.82. The fourth-order valence-electron chi connectivity index (χ4n) is 2.77. The highest BCUT2D eigenvalue weighted by atomic mass is 16.5. The van der Waals surface area contributed by atoms with Crippen molar-refractivity contribution >= 4 is 0 Å². The Bertz CT molecular complexity index is 599. The van der Waals surface area contributed by atoms with Crippen molar-refractivity contribution in [3.05, 3.63) is 53.3 Å². The number of pyridine rings is 1. The number of aromatic nitrogens is 1. The van der Waals surface area contributed by atoms with Gasteiger partial charge in [-0.2, -0.15) is 0 Å². The molecule has 2 aromatic rings. The second-order valence-electron chi connectivity index (χ2n) is 4.82. The fourth-order valence-corrected chi connectivity index (χ4v) is 2.77. The SMILES string of the molecule is COc1cc(OC)c2c(c1)C(c1ccncc1)NCC2. The van der Waals surface area contributed by atoms with Crippen molar-refractivity contribution in [2.45, 2.75) is 12.5 Å². The lowest BCUT2D eigenvalue weighted by molar-refractivity contribution is 0.385. The van der Waals surface area contributed by atoms with Crippen molar-refractivity contribution in [1.82, 2.24) is 10.3 Å². The fraction of sp³-hybridized carbons (Fsp3) is 0.312. The molecule has 2 heterocycles. The summed E-state index contributed by atoms with van der Waals surface area (Å²) in [6.45, 7) is 0.933. The minimum atomic E-state index is 0.158. The quantitative estimate of drug-likeness (QED) is 0.929. The van der Waals surface area contributed by atoms with E-state index in [4.69, 9.17) is 9.47 Å². The van der Waals surface area contributed by atoms with E-state index in [9.17, 15) is 0 Å². The van der Waals surface area contributed by atoms with Crippen molar-refractivity contribution in [2.75, 3.05) is 20.8 Å².